The molecule has 2 heterocycles. The lowest BCUT2D eigenvalue weighted by molar-refractivity contribution is -0.126. The molecule has 1 saturated heterocycles. The summed E-state index contributed by atoms with van der Waals surface area (Å²) in [5.41, 5.74) is 0.206. The molecule has 0 aromatic heterocycles. The van der Waals surface area contributed by atoms with E-state index in [4.69, 9.17) is 9.29 Å². The van der Waals surface area contributed by atoms with E-state index in [9.17, 15) is 18.0 Å². The second-order valence-corrected chi connectivity index (χ2v) is 6.13. The van der Waals surface area contributed by atoms with Gasteiger partial charge in [-0.1, -0.05) is 0 Å². The number of amides is 3. The van der Waals surface area contributed by atoms with Crippen LogP contribution in [-0.2, 0) is 24.2 Å². The standard InChI is InChI=1S/C11H17N3O7S/c1-12(2)10(15)8-4-7(6-20-3)13-5-9(8)14(11(13)16)21-22(17,18)19/h4,7,9H,5-6H2,1-3H3,(H,17,18,19)/t7-,9?/m0/s1. The maximum atomic E-state index is 12.2. The first-order valence-corrected chi connectivity index (χ1v) is 7.71. The SMILES string of the molecule is COC[C@@H]1C=C(C(=O)N(C)C)C2CN1C(=O)N2OS(=O)(=O)O. The van der Waals surface area contributed by atoms with Gasteiger partial charge in [0.05, 0.1) is 19.2 Å². The minimum atomic E-state index is -4.88. The van der Waals surface area contributed by atoms with Crippen LogP contribution in [-0.4, -0.2) is 86.2 Å². The molecule has 2 aliphatic rings. The maximum absolute atomic E-state index is 12.2. The Balaban J connectivity index is 2.39. The van der Waals surface area contributed by atoms with Crippen molar-refractivity contribution in [2.75, 3.05) is 34.4 Å². The van der Waals surface area contributed by atoms with Gasteiger partial charge in [-0.25, -0.2) is 4.79 Å². The predicted molar refractivity (Wildman–Crippen MR) is 72.8 cm³/mol. The summed E-state index contributed by atoms with van der Waals surface area (Å²) in [4.78, 5) is 27.1. The van der Waals surface area contributed by atoms with Crippen LogP contribution in [0.25, 0.3) is 0 Å². The van der Waals surface area contributed by atoms with E-state index in [1.807, 2.05) is 0 Å². The summed E-state index contributed by atoms with van der Waals surface area (Å²) >= 11 is 0. The van der Waals surface area contributed by atoms with E-state index in [-0.39, 0.29) is 24.6 Å². The Hall–Kier alpha value is -1.69. The van der Waals surface area contributed by atoms with Gasteiger partial charge in [-0.2, -0.15) is 13.5 Å². The van der Waals surface area contributed by atoms with E-state index in [0.717, 1.165) is 0 Å². The number of nitrogens with zero attached hydrogens (tertiary/aromatic N) is 3. The van der Waals surface area contributed by atoms with Gasteiger partial charge >= 0.3 is 16.4 Å². The summed E-state index contributed by atoms with van der Waals surface area (Å²) in [6.07, 6.45) is 1.55. The minimum Gasteiger partial charge on any atom is -0.382 e. The zero-order chi connectivity index (χ0) is 16.7. The number of urea groups is 1. The third-order valence-electron chi connectivity index (χ3n) is 3.38. The number of likely N-dealkylation sites (N-methyl/N-ethyl adjacent to an activating group) is 1. The molecule has 2 rings (SSSR count). The van der Waals surface area contributed by atoms with Gasteiger partial charge in [0.1, 0.15) is 6.04 Å². The summed E-state index contributed by atoms with van der Waals surface area (Å²) in [7, 11) is -0.372. The first-order valence-electron chi connectivity index (χ1n) is 6.35. The first kappa shape index (κ1) is 16.7. The van der Waals surface area contributed by atoms with Crippen molar-refractivity contribution in [1.82, 2.24) is 14.9 Å². The van der Waals surface area contributed by atoms with Crippen LogP contribution in [0.3, 0.4) is 0 Å². The molecule has 124 valence electrons. The van der Waals surface area contributed by atoms with E-state index in [1.54, 1.807) is 6.08 Å². The lowest BCUT2D eigenvalue weighted by atomic mass is 9.99. The number of fused-ring (bicyclic) bond motifs is 2. The molecule has 2 atom stereocenters. The smallest absolute Gasteiger partial charge is 0.382 e. The van der Waals surface area contributed by atoms with Crippen LogP contribution in [0.1, 0.15) is 0 Å². The molecule has 22 heavy (non-hydrogen) atoms. The van der Waals surface area contributed by atoms with Gasteiger partial charge in [0.15, 0.2) is 0 Å². The number of hydrogen-bond acceptors (Lipinski definition) is 6. The highest BCUT2D eigenvalue weighted by Crippen LogP contribution is 2.31. The molecule has 3 amide bonds. The number of rotatable bonds is 5. The molecule has 2 aliphatic heterocycles. The molecular formula is C11H17N3O7S. The number of carbonyl (C=O) groups is 2. The Morgan fingerprint density at radius 3 is 2.64 bits per heavy atom. The summed E-state index contributed by atoms with van der Waals surface area (Å²) in [5.74, 6) is -0.385. The molecule has 1 fully saturated rings. The van der Waals surface area contributed by atoms with Gasteiger partial charge < -0.3 is 14.5 Å². The van der Waals surface area contributed by atoms with Crippen LogP contribution in [0, 0.1) is 0 Å². The molecule has 10 nitrogen and oxygen atoms in total. The zero-order valence-electron chi connectivity index (χ0n) is 12.3. The second kappa shape index (κ2) is 5.83. The van der Waals surface area contributed by atoms with Crippen molar-refractivity contribution in [2.24, 2.45) is 0 Å². The van der Waals surface area contributed by atoms with Crippen molar-refractivity contribution in [2.45, 2.75) is 12.1 Å². The van der Waals surface area contributed by atoms with E-state index in [0.29, 0.717) is 5.06 Å². The minimum absolute atomic E-state index is 0.0633. The lowest BCUT2D eigenvalue weighted by Crippen LogP contribution is -2.44. The fourth-order valence-corrected chi connectivity index (χ4v) is 2.85. The van der Waals surface area contributed by atoms with Crippen molar-refractivity contribution in [3.05, 3.63) is 11.6 Å². The quantitative estimate of drug-likeness (QED) is 0.632. The number of hydrogen-bond donors (Lipinski definition) is 1. The highest BCUT2D eigenvalue weighted by atomic mass is 32.3. The molecule has 0 aliphatic carbocycles. The molecule has 11 heteroatoms. The number of carbonyl (C=O) groups excluding carboxylic acids is 2. The number of methoxy groups -OCH3 is 1. The molecule has 2 bridgehead atoms. The van der Waals surface area contributed by atoms with Crippen LogP contribution in [0.15, 0.2) is 11.6 Å². The summed E-state index contributed by atoms with van der Waals surface area (Å²) in [5, 5.41) is 0.498. The van der Waals surface area contributed by atoms with E-state index >= 15 is 0 Å². The predicted octanol–water partition coefficient (Wildman–Crippen LogP) is -1.13. The van der Waals surface area contributed by atoms with E-state index < -0.39 is 28.5 Å². The first-order chi connectivity index (χ1) is 10.2. The molecule has 0 aromatic rings. The second-order valence-electron chi connectivity index (χ2n) is 5.12. The monoisotopic (exact) mass is 335 g/mol. The Labute approximate surface area is 127 Å². The molecule has 0 saturated carbocycles. The molecular weight excluding hydrogens is 318 g/mol. The summed E-state index contributed by atoms with van der Waals surface area (Å²) < 4.78 is 40.0. The van der Waals surface area contributed by atoms with Gasteiger partial charge in [-0.15, -0.1) is 4.28 Å². The molecule has 0 aromatic carbocycles. The zero-order valence-corrected chi connectivity index (χ0v) is 13.1. The van der Waals surface area contributed by atoms with Crippen LogP contribution in [0.2, 0.25) is 0 Å². The van der Waals surface area contributed by atoms with Crippen molar-refractivity contribution in [3.8, 4) is 0 Å². The van der Waals surface area contributed by atoms with Gasteiger partial charge in [0, 0.05) is 26.8 Å². The Morgan fingerprint density at radius 1 is 1.50 bits per heavy atom. The van der Waals surface area contributed by atoms with Gasteiger partial charge in [0.2, 0.25) is 0 Å². The van der Waals surface area contributed by atoms with Crippen LogP contribution in [0.4, 0.5) is 4.79 Å². The van der Waals surface area contributed by atoms with Crippen molar-refractivity contribution in [3.63, 3.8) is 0 Å². The normalized spacial score (nSPS) is 24.5. The van der Waals surface area contributed by atoms with Crippen LogP contribution >= 0.6 is 0 Å². The summed E-state index contributed by atoms with van der Waals surface area (Å²) in [6.45, 7) is 0.205. The van der Waals surface area contributed by atoms with Crippen molar-refractivity contribution in [1.29, 1.82) is 0 Å². The van der Waals surface area contributed by atoms with Gasteiger partial charge in [-0.3, -0.25) is 9.35 Å². The average molecular weight is 335 g/mol. The average Bonchev–Trinajstić information content (AvgIpc) is 2.66. The van der Waals surface area contributed by atoms with Crippen molar-refractivity contribution < 1.29 is 31.6 Å². The van der Waals surface area contributed by atoms with Crippen molar-refractivity contribution >= 4 is 22.3 Å². The Kier molecular flexibility index (Phi) is 4.42. The molecule has 1 N–H and O–H groups in total. The highest BCUT2D eigenvalue weighted by Gasteiger charge is 2.50. The third-order valence-corrected chi connectivity index (χ3v) is 3.73. The lowest BCUT2D eigenvalue weighted by Gasteiger charge is -2.29. The largest absolute Gasteiger partial charge is 0.418 e. The van der Waals surface area contributed by atoms with E-state index in [1.165, 1.54) is 31.0 Å². The van der Waals surface area contributed by atoms with Gasteiger partial charge in [0.25, 0.3) is 5.91 Å². The van der Waals surface area contributed by atoms with Gasteiger partial charge in [-0.05, 0) is 6.08 Å². The Bertz CT molecular complexity index is 615. The maximum Gasteiger partial charge on any atom is 0.418 e. The fraction of sp³-hybridized carbons (Fsp3) is 0.636. The topological polar surface area (TPSA) is 117 Å². The summed E-state index contributed by atoms with van der Waals surface area (Å²) in [6, 6.07) is -2.21. The number of ether oxygens (including phenoxy) is 1. The molecule has 0 spiro atoms. The molecule has 0 radical (unpaired) electrons. The fourth-order valence-electron chi connectivity index (χ4n) is 2.47. The third kappa shape index (κ3) is 3.06. The molecule has 1 unspecified atom stereocenters. The number of hydroxylamine groups is 2. The Morgan fingerprint density at radius 2 is 2.14 bits per heavy atom. The van der Waals surface area contributed by atoms with E-state index in [2.05, 4.69) is 4.28 Å². The van der Waals surface area contributed by atoms with Crippen LogP contribution in [0.5, 0.6) is 0 Å². The van der Waals surface area contributed by atoms with Crippen LogP contribution < -0.4 is 0 Å². The highest BCUT2D eigenvalue weighted by molar-refractivity contribution is 7.80.